The Labute approximate surface area is 192 Å². The van der Waals surface area contributed by atoms with Crippen molar-refractivity contribution in [3.63, 3.8) is 0 Å². The van der Waals surface area contributed by atoms with Crippen molar-refractivity contribution < 1.29 is 29.3 Å². The Kier molecular flexibility index (Phi) is 7.35. The Balaban J connectivity index is 0.000000181. The quantitative estimate of drug-likeness (QED) is 0.666. The van der Waals surface area contributed by atoms with E-state index in [-0.39, 0.29) is 25.4 Å². The number of aliphatic hydroxyl groups is 2. The number of carbonyl (C=O) groups is 2. The Bertz CT molecular complexity index is 627. The summed E-state index contributed by atoms with van der Waals surface area (Å²) in [4.78, 5) is 27.2. The topological polar surface area (TPSA) is 99.5 Å². The van der Waals surface area contributed by atoms with E-state index in [0.29, 0.717) is 35.5 Å². The molecule has 32 heavy (non-hydrogen) atoms. The molecule has 4 aliphatic rings. The molecule has 0 aromatic rings. The van der Waals surface area contributed by atoms with Crippen molar-refractivity contribution in [2.75, 3.05) is 39.4 Å². The fraction of sp³-hybridized carbons (Fsp3) is 0.917. The summed E-state index contributed by atoms with van der Waals surface area (Å²) < 4.78 is 10.7. The average Bonchev–Trinajstić information content (AvgIpc) is 3.13. The van der Waals surface area contributed by atoms with E-state index in [9.17, 15) is 9.59 Å². The largest absolute Gasteiger partial charge is 0.444 e. The predicted octanol–water partition coefficient (Wildman–Crippen LogP) is 2.96. The maximum absolute atomic E-state index is 11.8. The number of ether oxygens (including phenoxy) is 2. The van der Waals surface area contributed by atoms with Gasteiger partial charge in [0.2, 0.25) is 0 Å². The molecule has 0 bridgehead atoms. The van der Waals surface area contributed by atoms with Crippen LogP contribution in [0.25, 0.3) is 0 Å². The van der Waals surface area contributed by atoms with Gasteiger partial charge in [-0.1, -0.05) is 0 Å². The van der Waals surface area contributed by atoms with Crippen molar-refractivity contribution >= 4 is 12.2 Å². The third-order valence-electron chi connectivity index (χ3n) is 7.18. The molecule has 2 heterocycles. The van der Waals surface area contributed by atoms with Gasteiger partial charge < -0.3 is 29.5 Å². The smallest absolute Gasteiger partial charge is 0.410 e. The SMILES string of the molecule is CC(C)(C)OC(=O)N1C[C@@H]2C[C@@H](CO)[C@@H]2C1.CC(C)(C)OC(=O)N1C[C@H]2C[C@H](CO)[C@H]2C1. The van der Waals surface area contributed by atoms with Crippen molar-refractivity contribution in [3.05, 3.63) is 0 Å². The number of nitrogens with zero attached hydrogens (tertiary/aromatic N) is 2. The monoisotopic (exact) mass is 454 g/mol. The molecule has 0 aromatic carbocycles. The van der Waals surface area contributed by atoms with Crippen LogP contribution in [0.15, 0.2) is 0 Å². The molecule has 2 saturated heterocycles. The van der Waals surface area contributed by atoms with Crippen molar-refractivity contribution in [3.8, 4) is 0 Å². The van der Waals surface area contributed by atoms with Gasteiger partial charge in [0.05, 0.1) is 0 Å². The van der Waals surface area contributed by atoms with E-state index in [1.807, 2.05) is 41.5 Å². The first-order chi connectivity index (χ1) is 14.8. The van der Waals surface area contributed by atoms with Gasteiger partial charge in [-0.15, -0.1) is 0 Å². The molecule has 0 spiro atoms. The second-order valence-electron chi connectivity index (χ2n) is 12.0. The van der Waals surface area contributed by atoms with Crippen LogP contribution >= 0.6 is 0 Å². The Morgan fingerprint density at radius 2 is 1.06 bits per heavy atom. The van der Waals surface area contributed by atoms with Crippen LogP contribution in [-0.4, -0.2) is 82.8 Å². The van der Waals surface area contributed by atoms with Crippen LogP contribution < -0.4 is 0 Å². The number of rotatable bonds is 2. The van der Waals surface area contributed by atoms with Gasteiger partial charge in [-0.2, -0.15) is 0 Å². The molecule has 0 aromatic heterocycles. The summed E-state index contributed by atoms with van der Waals surface area (Å²) >= 11 is 0. The van der Waals surface area contributed by atoms with Gasteiger partial charge >= 0.3 is 12.2 Å². The van der Waals surface area contributed by atoms with Crippen LogP contribution in [0.4, 0.5) is 9.59 Å². The van der Waals surface area contributed by atoms with E-state index in [2.05, 4.69) is 0 Å². The lowest BCUT2D eigenvalue weighted by atomic mass is 9.67. The fourth-order valence-electron chi connectivity index (χ4n) is 5.47. The minimum atomic E-state index is -0.422. The first-order valence-corrected chi connectivity index (χ1v) is 12.0. The predicted molar refractivity (Wildman–Crippen MR) is 120 cm³/mol. The highest BCUT2D eigenvalue weighted by Gasteiger charge is 2.49. The normalized spacial score (nSPS) is 33.2. The molecule has 184 valence electrons. The van der Waals surface area contributed by atoms with Crippen molar-refractivity contribution in [1.29, 1.82) is 0 Å². The highest BCUT2D eigenvalue weighted by atomic mass is 16.6. The maximum Gasteiger partial charge on any atom is 0.410 e. The lowest BCUT2D eigenvalue weighted by Gasteiger charge is -2.37. The summed E-state index contributed by atoms with van der Waals surface area (Å²) in [5.41, 5.74) is -0.843. The second kappa shape index (κ2) is 9.37. The van der Waals surface area contributed by atoms with Gasteiger partial charge in [-0.05, 0) is 89.9 Å². The molecule has 8 heteroatoms. The van der Waals surface area contributed by atoms with Crippen LogP contribution in [0.3, 0.4) is 0 Å². The lowest BCUT2D eigenvalue weighted by molar-refractivity contribution is 0.0273. The number of fused-ring (bicyclic) bond motifs is 2. The molecule has 4 rings (SSSR count). The summed E-state index contributed by atoms with van der Waals surface area (Å²) in [6, 6.07) is 0. The minimum absolute atomic E-state index is 0.210. The van der Waals surface area contributed by atoms with E-state index in [1.54, 1.807) is 9.80 Å². The van der Waals surface area contributed by atoms with Crippen LogP contribution in [0, 0.1) is 35.5 Å². The summed E-state index contributed by atoms with van der Waals surface area (Å²) in [5.74, 6) is 2.97. The molecule has 2 aliphatic heterocycles. The summed E-state index contributed by atoms with van der Waals surface area (Å²) in [6.07, 6.45) is 1.69. The molecule has 2 aliphatic carbocycles. The molecule has 0 unspecified atom stereocenters. The number of carbonyl (C=O) groups excluding carboxylic acids is 2. The first kappa shape index (κ1) is 25.1. The van der Waals surface area contributed by atoms with E-state index < -0.39 is 11.2 Å². The summed E-state index contributed by atoms with van der Waals surface area (Å²) in [5, 5.41) is 18.2. The van der Waals surface area contributed by atoms with Gasteiger partial charge in [-0.25, -0.2) is 9.59 Å². The van der Waals surface area contributed by atoms with E-state index in [0.717, 1.165) is 39.0 Å². The van der Waals surface area contributed by atoms with Crippen molar-refractivity contribution in [2.24, 2.45) is 35.5 Å². The first-order valence-electron chi connectivity index (χ1n) is 12.0. The lowest BCUT2D eigenvalue weighted by Crippen LogP contribution is -2.37. The number of likely N-dealkylation sites (tertiary alicyclic amines) is 2. The van der Waals surface area contributed by atoms with Crippen LogP contribution in [-0.2, 0) is 9.47 Å². The summed E-state index contributed by atoms with van der Waals surface area (Å²) in [6.45, 7) is 14.9. The zero-order chi connectivity index (χ0) is 23.8. The molecule has 2 N–H and O–H groups in total. The highest BCUT2D eigenvalue weighted by molar-refractivity contribution is 5.69. The van der Waals surface area contributed by atoms with Gasteiger partial charge in [0.1, 0.15) is 11.2 Å². The molecular weight excluding hydrogens is 412 g/mol. The number of amides is 2. The molecular formula is C24H42N2O6. The zero-order valence-corrected chi connectivity index (χ0v) is 20.5. The number of hydrogen-bond donors (Lipinski definition) is 2. The third-order valence-corrected chi connectivity index (χ3v) is 7.18. The molecule has 4 fully saturated rings. The average molecular weight is 455 g/mol. The number of aliphatic hydroxyl groups excluding tert-OH is 2. The standard InChI is InChI=1S/2C12H21NO3/c2*1-12(2,3)16-11(15)13-5-8-4-9(7-14)10(8)6-13/h2*8-10,14H,4-7H2,1-3H3/t2*8-,9-,10+/m10/s1. The Morgan fingerprint density at radius 3 is 1.34 bits per heavy atom. The molecule has 2 amide bonds. The van der Waals surface area contributed by atoms with E-state index >= 15 is 0 Å². The molecule has 2 saturated carbocycles. The van der Waals surface area contributed by atoms with Gasteiger partial charge in [0, 0.05) is 39.4 Å². The van der Waals surface area contributed by atoms with Crippen molar-refractivity contribution in [2.45, 2.75) is 65.6 Å². The van der Waals surface area contributed by atoms with Crippen molar-refractivity contribution in [1.82, 2.24) is 9.80 Å². The van der Waals surface area contributed by atoms with Gasteiger partial charge in [0.25, 0.3) is 0 Å². The molecule has 6 atom stereocenters. The summed E-state index contributed by atoms with van der Waals surface area (Å²) in [7, 11) is 0. The van der Waals surface area contributed by atoms with E-state index in [1.165, 1.54) is 0 Å². The highest BCUT2D eigenvalue weighted by Crippen LogP contribution is 2.46. The zero-order valence-electron chi connectivity index (χ0n) is 20.5. The fourth-order valence-corrected chi connectivity index (χ4v) is 5.47. The van der Waals surface area contributed by atoms with Gasteiger partial charge in [-0.3, -0.25) is 0 Å². The minimum Gasteiger partial charge on any atom is -0.444 e. The van der Waals surface area contributed by atoms with Gasteiger partial charge in [0.15, 0.2) is 0 Å². The Hall–Kier alpha value is -1.54. The van der Waals surface area contributed by atoms with Crippen LogP contribution in [0.5, 0.6) is 0 Å². The number of hydrogen-bond acceptors (Lipinski definition) is 6. The molecule has 8 nitrogen and oxygen atoms in total. The third kappa shape index (κ3) is 5.87. The van der Waals surface area contributed by atoms with Crippen LogP contribution in [0.2, 0.25) is 0 Å². The maximum atomic E-state index is 11.8. The van der Waals surface area contributed by atoms with Crippen LogP contribution in [0.1, 0.15) is 54.4 Å². The molecule has 0 radical (unpaired) electrons. The van der Waals surface area contributed by atoms with E-state index in [4.69, 9.17) is 19.7 Å². The Morgan fingerprint density at radius 1 is 0.719 bits per heavy atom. The second-order valence-corrected chi connectivity index (χ2v) is 12.0.